The van der Waals surface area contributed by atoms with E-state index in [0.29, 0.717) is 35.9 Å². The molecular weight excluding hydrogens is 419 g/mol. The van der Waals surface area contributed by atoms with Crippen LogP contribution >= 0.6 is 11.6 Å². The molecule has 1 unspecified atom stereocenters. The van der Waals surface area contributed by atoms with Gasteiger partial charge in [-0.3, -0.25) is 10.1 Å². The molecule has 3 aromatic heterocycles. The van der Waals surface area contributed by atoms with Crippen molar-refractivity contribution in [2.45, 2.75) is 12.5 Å². The van der Waals surface area contributed by atoms with E-state index in [-0.39, 0.29) is 24.0 Å². The predicted octanol–water partition coefficient (Wildman–Crippen LogP) is 2.27. The minimum Gasteiger partial charge on any atom is -0.481 e. The molecule has 3 heterocycles. The van der Waals surface area contributed by atoms with Gasteiger partial charge in [-0.15, -0.1) is 11.6 Å². The third-order valence-corrected chi connectivity index (χ3v) is 4.45. The quantitative estimate of drug-likeness (QED) is 0.191. The molecule has 0 saturated heterocycles. The van der Waals surface area contributed by atoms with E-state index >= 15 is 0 Å². The van der Waals surface area contributed by atoms with Crippen LogP contribution < -0.4 is 15.4 Å². The van der Waals surface area contributed by atoms with Gasteiger partial charge in [-0.2, -0.15) is 5.10 Å². The Morgan fingerprint density at radius 2 is 2.27 bits per heavy atom. The number of carbonyl (C=O) groups is 1. The Kier molecular flexibility index (Phi) is 7.33. The van der Waals surface area contributed by atoms with Crippen molar-refractivity contribution in [2.75, 3.05) is 31.5 Å². The maximum atomic E-state index is 13.7. The summed E-state index contributed by atoms with van der Waals surface area (Å²) >= 11 is 5.63. The fourth-order valence-electron chi connectivity index (χ4n) is 2.80. The summed E-state index contributed by atoms with van der Waals surface area (Å²) in [6, 6.07) is 2.08. The van der Waals surface area contributed by atoms with Crippen LogP contribution in [0, 0.1) is 5.82 Å². The van der Waals surface area contributed by atoms with Crippen LogP contribution in [0.5, 0.6) is 5.88 Å². The van der Waals surface area contributed by atoms with Gasteiger partial charge in [0.2, 0.25) is 5.88 Å². The summed E-state index contributed by atoms with van der Waals surface area (Å²) in [5.74, 6) is 0.0345. The van der Waals surface area contributed by atoms with Gasteiger partial charge in [0.05, 0.1) is 25.5 Å². The normalized spacial score (nSPS) is 12.0. The van der Waals surface area contributed by atoms with E-state index in [2.05, 4.69) is 30.6 Å². The molecule has 12 heteroatoms. The van der Waals surface area contributed by atoms with E-state index in [9.17, 15) is 9.18 Å². The molecule has 0 aliphatic carbocycles. The van der Waals surface area contributed by atoms with Gasteiger partial charge in [-0.1, -0.05) is 0 Å². The Balaban J connectivity index is 1.89. The van der Waals surface area contributed by atoms with Crippen molar-refractivity contribution in [1.29, 1.82) is 0 Å². The molecule has 30 heavy (non-hydrogen) atoms. The number of pyridine rings is 1. The van der Waals surface area contributed by atoms with E-state index < -0.39 is 11.9 Å². The monoisotopic (exact) mass is 438 g/mol. The molecule has 0 aliphatic heterocycles. The number of amides is 1. The van der Waals surface area contributed by atoms with Crippen molar-refractivity contribution in [3.8, 4) is 5.88 Å². The van der Waals surface area contributed by atoms with Gasteiger partial charge in [0.25, 0.3) is 5.91 Å². The Morgan fingerprint density at radius 3 is 3.00 bits per heavy atom. The number of anilines is 1. The van der Waals surface area contributed by atoms with Gasteiger partial charge >= 0.3 is 0 Å². The zero-order valence-electron chi connectivity index (χ0n) is 16.0. The summed E-state index contributed by atoms with van der Waals surface area (Å²) < 4.78 is 20.3. The summed E-state index contributed by atoms with van der Waals surface area (Å²) in [6.45, 7) is 0.194. The third kappa shape index (κ3) is 4.93. The lowest BCUT2D eigenvalue weighted by molar-refractivity contribution is -0.244. The molecule has 10 nitrogen and oxygen atoms in total. The molecule has 0 fully saturated rings. The number of alkyl halides is 1. The first-order valence-electron chi connectivity index (χ1n) is 8.98. The highest BCUT2D eigenvalue weighted by molar-refractivity contribution is 6.17. The Hall–Kier alpha value is -3.02. The highest BCUT2D eigenvalue weighted by Crippen LogP contribution is 2.27. The van der Waals surface area contributed by atoms with Gasteiger partial charge in [-0.25, -0.2) is 23.8 Å². The van der Waals surface area contributed by atoms with E-state index in [1.54, 1.807) is 12.3 Å². The van der Waals surface area contributed by atoms with Crippen LogP contribution in [-0.2, 0) is 4.89 Å². The average molecular weight is 439 g/mol. The van der Waals surface area contributed by atoms with Crippen molar-refractivity contribution >= 4 is 29.0 Å². The molecule has 3 N–H and O–H groups in total. The molecular formula is C18H20ClFN6O4. The summed E-state index contributed by atoms with van der Waals surface area (Å²) in [7, 11) is 1.40. The highest BCUT2D eigenvalue weighted by atomic mass is 35.5. The number of aromatic nitrogens is 4. The number of fused-ring (bicyclic) bond motifs is 1. The average Bonchev–Trinajstić information content (AvgIpc) is 3.17. The molecule has 0 spiro atoms. The second-order valence-electron chi connectivity index (χ2n) is 6.18. The number of hydrogen-bond donors (Lipinski definition) is 3. The zero-order chi connectivity index (χ0) is 21.5. The van der Waals surface area contributed by atoms with Crippen molar-refractivity contribution < 1.29 is 24.1 Å². The highest BCUT2D eigenvalue weighted by Gasteiger charge is 2.21. The van der Waals surface area contributed by atoms with Crippen LogP contribution in [0.1, 0.15) is 28.4 Å². The zero-order valence-corrected chi connectivity index (χ0v) is 16.8. The number of rotatable bonds is 10. The number of carbonyl (C=O) groups excluding carboxylic acids is 1. The molecule has 0 saturated carbocycles. The lowest BCUT2D eigenvalue weighted by Crippen LogP contribution is -2.24. The molecule has 0 aromatic carbocycles. The van der Waals surface area contributed by atoms with Crippen molar-refractivity contribution in [1.82, 2.24) is 24.9 Å². The summed E-state index contributed by atoms with van der Waals surface area (Å²) in [6.07, 6.45) is 4.68. The first-order chi connectivity index (χ1) is 14.6. The van der Waals surface area contributed by atoms with E-state index in [4.69, 9.17) is 21.6 Å². The molecule has 1 amide bonds. The summed E-state index contributed by atoms with van der Waals surface area (Å²) in [5, 5.41) is 18.9. The van der Waals surface area contributed by atoms with Gasteiger partial charge in [0.1, 0.15) is 23.8 Å². The number of hydrogen-bond acceptors (Lipinski definition) is 8. The first kappa shape index (κ1) is 21.7. The van der Waals surface area contributed by atoms with Gasteiger partial charge in [0, 0.05) is 24.2 Å². The predicted molar refractivity (Wildman–Crippen MR) is 106 cm³/mol. The van der Waals surface area contributed by atoms with Crippen molar-refractivity contribution in [2.24, 2.45) is 0 Å². The van der Waals surface area contributed by atoms with Gasteiger partial charge in [0.15, 0.2) is 5.65 Å². The minimum atomic E-state index is -0.744. The van der Waals surface area contributed by atoms with E-state index in [0.717, 1.165) is 6.20 Å². The molecule has 3 aromatic rings. The van der Waals surface area contributed by atoms with Gasteiger partial charge in [-0.05, 0) is 18.6 Å². The fraction of sp³-hybridized carbons (Fsp3) is 0.333. The molecule has 1 atom stereocenters. The molecule has 3 rings (SSSR count). The van der Waals surface area contributed by atoms with Crippen LogP contribution in [0.15, 0.2) is 30.7 Å². The molecule has 0 bridgehead atoms. The van der Waals surface area contributed by atoms with Crippen LogP contribution in [0.2, 0.25) is 0 Å². The minimum absolute atomic E-state index is 0.163. The van der Waals surface area contributed by atoms with Crippen LogP contribution in [-0.4, -0.2) is 56.9 Å². The standard InChI is InChI=1S/C18H20ClFN6O4/c1-29-18-12(7-11(20)8-22-18)14(10-30-28)24-15-3-6-26-16(25-15)13(9-23-26)17(27)21-5-2-4-19/h3,6-9,14,28H,2,4-5,10H2,1H3,(H,21,27)(H,24,25). The maximum Gasteiger partial charge on any atom is 0.256 e. The lowest BCUT2D eigenvalue weighted by atomic mass is 10.1. The third-order valence-electron chi connectivity index (χ3n) is 4.19. The van der Waals surface area contributed by atoms with Crippen molar-refractivity contribution in [3.05, 3.63) is 47.7 Å². The first-order valence-corrected chi connectivity index (χ1v) is 9.51. The lowest BCUT2D eigenvalue weighted by Gasteiger charge is -2.20. The molecule has 0 aliphatic rings. The molecule has 0 radical (unpaired) electrons. The number of nitrogens with zero attached hydrogens (tertiary/aromatic N) is 4. The van der Waals surface area contributed by atoms with Crippen molar-refractivity contribution in [3.63, 3.8) is 0 Å². The maximum absolute atomic E-state index is 13.7. The van der Waals surface area contributed by atoms with E-state index in [1.807, 2.05) is 0 Å². The van der Waals surface area contributed by atoms with Crippen LogP contribution in [0.4, 0.5) is 10.2 Å². The molecule has 160 valence electrons. The number of nitrogens with one attached hydrogen (secondary N) is 2. The summed E-state index contributed by atoms with van der Waals surface area (Å²) in [5.41, 5.74) is 0.922. The second-order valence-corrected chi connectivity index (χ2v) is 6.56. The topological polar surface area (TPSA) is 123 Å². The largest absolute Gasteiger partial charge is 0.481 e. The van der Waals surface area contributed by atoms with Crippen LogP contribution in [0.3, 0.4) is 0 Å². The van der Waals surface area contributed by atoms with Gasteiger partial charge < -0.3 is 15.4 Å². The second kappa shape index (κ2) is 10.1. The number of ether oxygens (including phenoxy) is 1. The van der Waals surface area contributed by atoms with Crippen LogP contribution in [0.25, 0.3) is 5.65 Å². The Morgan fingerprint density at radius 1 is 1.43 bits per heavy atom. The Labute approximate surface area is 175 Å². The number of halogens is 2. The van der Waals surface area contributed by atoms with E-state index in [1.165, 1.54) is 23.9 Å². The number of methoxy groups -OCH3 is 1. The SMILES string of the molecule is COc1ncc(F)cc1C(COO)Nc1ccn2ncc(C(=O)NCCCCl)c2n1. The fourth-order valence-corrected chi connectivity index (χ4v) is 2.93. The smallest absolute Gasteiger partial charge is 0.256 e. The summed E-state index contributed by atoms with van der Waals surface area (Å²) in [4.78, 5) is 25.0. The Bertz CT molecular complexity index is 1020.